The molecule has 0 aromatic heterocycles. The lowest BCUT2D eigenvalue weighted by Crippen LogP contribution is -2.32. The summed E-state index contributed by atoms with van der Waals surface area (Å²) in [4.78, 5) is 5.14. The van der Waals surface area contributed by atoms with E-state index in [2.05, 4.69) is 37.7 Å². The number of likely N-dealkylation sites (N-methyl/N-ethyl adjacent to an activating group) is 2. The molecular formula is C44H92N2. The molecule has 0 heterocycles. The summed E-state index contributed by atoms with van der Waals surface area (Å²) >= 11 is 0. The summed E-state index contributed by atoms with van der Waals surface area (Å²) in [7, 11) is 4.66. The lowest BCUT2D eigenvalue weighted by atomic mass is 10.0. The van der Waals surface area contributed by atoms with Gasteiger partial charge in [0, 0.05) is 13.1 Å². The normalized spacial score (nSPS) is 11.9. The van der Waals surface area contributed by atoms with Gasteiger partial charge >= 0.3 is 0 Å². The highest BCUT2D eigenvalue weighted by Crippen LogP contribution is 2.16. The lowest BCUT2D eigenvalue weighted by Gasteiger charge is -2.22. The third-order valence-electron chi connectivity index (χ3n) is 10.7. The molecule has 46 heavy (non-hydrogen) atoms. The first-order valence-corrected chi connectivity index (χ1v) is 22.1. The van der Waals surface area contributed by atoms with Crippen molar-refractivity contribution in [2.75, 3.05) is 40.3 Å². The van der Waals surface area contributed by atoms with Crippen molar-refractivity contribution in [1.82, 2.24) is 9.80 Å². The molecule has 0 aliphatic carbocycles. The highest BCUT2D eigenvalue weighted by Gasteiger charge is 2.03. The highest BCUT2D eigenvalue weighted by molar-refractivity contribution is 4.59. The van der Waals surface area contributed by atoms with Crippen LogP contribution in [0.2, 0.25) is 0 Å². The van der Waals surface area contributed by atoms with Crippen LogP contribution in [-0.4, -0.2) is 50.1 Å². The van der Waals surface area contributed by atoms with E-state index in [1.807, 2.05) is 0 Å². The summed E-state index contributed by atoms with van der Waals surface area (Å²) in [5, 5.41) is 0. The van der Waals surface area contributed by atoms with Crippen LogP contribution in [0.4, 0.5) is 0 Å². The van der Waals surface area contributed by atoms with E-state index >= 15 is 0 Å². The van der Waals surface area contributed by atoms with Crippen LogP contribution in [0.5, 0.6) is 0 Å². The van der Waals surface area contributed by atoms with Crippen molar-refractivity contribution in [1.29, 1.82) is 0 Å². The molecular weight excluding hydrogens is 556 g/mol. The fraction of sp³-hybridized carbons (Fsp3) is 1.00. The van der Waals surface area contributed by atoms with Gasteiger partial charge in [0.25, 0.3) is 0 Å². The monoisotopic (exact) mass is 649 g/mol. The summed E-state index contributed by atoms with van der Waals surface area (Å²) < 4.78 is 0. The molecule has 278 valence electrons. The van der Waals surface area contributed by atoms with Gasteiger partial charge in [-0.15, -0.1) is 0 Å². The Morgan fingerprint density at radius 3 is 0.522 bits per heavy atom. The Morgan fingerprint density at radius 1 is 0.196 bits per heavy atom. The maximum absolute atomic E-state index is 2.57. The van der Waals surface area contributed by atoms with Gasteiger partial charge in [-0.3, -0.25) is 0 Å². The standard InChI is InChI=1S/C44H92N2/c1-5-7-9-11-13-15-17-19-21-23-25-27-29-31-33-35-37-39-41-45(3)43-44-46(4)42-40-38-36-34-32-30-28-26-24-22-20-18-16-14-12-10-8-6-2/h5-44H2,1-4H3. The highest BCUT2D eigenvalue weighted by atomic mass is 15.2. The summed E-state index contributed by atoms with van der Waals surface area (Å²) in [6, 6.07) is 0. The molecule has 0 aliphatic rings. The van der Waals surface area contributed by atoms with Crippen molar-refractivity contribution in [2.45, 2.75) is 245 Å². The van der Waals surface area contributed by atoms with Crippen LogP contribution in [0.1, 0.15) is 245 Å². The minimum Gasteiger partial charge on any atom is -0.305 e. The summed E-state index contributed by atoms with van der Waals surface area (Å²) in [6.45, 7) is 9.65. The van der Waals surface area contributed by atoms with E-state index in [1.165, 1.54) is 257 Å². The Kier molecular flexibility index (Phi) is 41.0. The molecule has 2 nitrogen and oxygen atoms in total. The molecule has 0 atom stereocenters. The van der Waals surface area contributed by atoms with Crippen LogP contribution >= 0.6 is 0 Å². The molecule has 0 aromatic rings. The molecule has 0 rings (SSSR count). The Morgan fingerprint density at radius 2 is 0.348 bits per heavy atom. The molecule has 2 heteroatoms. The quantitative estimate of drug-likeness (QED) is 0.0609. The van der Waals surface area contributed by atoms with E-state index in [1.54, 1.807) is 0 Å². The number of nitrogens with zero attached hydrogens (tertiary/aromatic N) is 2. The zero-order valence-electron chi connectivity index (χ0n) is 33.2. The zero-order chi connectivity index (χ0) is 33.4. The third-order valence-corrected chi connectivity index (χ3v) is 10.7. The SMILES string of the molecule is CCCCCCCCCCCCCCCCCCCCN(C)CCN(C)CCCCCCCCCCCCCCCCCCCC. The Hall–Kier alpha value is -0.0800. The molecule has 0 saturated heterocycles. The maximum Gasteiger partial charge on any atom is 0.0106 e. The van der Waals surface area contributed by atoms with Crippen LogP contribution in [0.15, 0.2) is 0 Å². The molecule has 0 amide bonds. The van der Waals surface area contributed by atoms with E-state index in [4.69, 9.17) is 0 Å². The molecule has 0 spiro atoms. The van der Waals surface area contributed by atoms with Gasteiger partial charge in [0.1, 0.15) is 0 Å². The van der Waals surface area contributed by atoms with Crippen molar-refractivity contribution >= 4 is 0 Å². The van der Waals surface area contributed by atoms with Crippen LogP contribution in [-0.2, 0) is 0 Å². The molecule has 0 aliphatic heterocycles. The average molecular weight is 649 g/mol. The fourth-order valence-corrected chi connectivity index (χ4v) is 7.13. The van der Waals surface area contributed by atoms with Crippen molar-refractivity contribution in [3.63, 3.8) is 0 Å². The predicted octanol–water partition coefficient (Wildman–Crippen LogP) is 14.9. The van der Waals surface area contributed by atoms with Gasteiger partial charge in [0.15, 0.2) is 0 Å². The Bertz CT molecular complexity index is 474. The number of hydrogen-bond donors (Lipinski definition) is 0. The van der Waals surface area contributed by atoms with Crippen molar-refractivity contribution < 1.29 is 0 Å². The first-order chi connectivity index (χ1) is 22.7. The molecule has 0 fully saturated rings. The smallest absolute Gasteiger partial charge is 0.0106 e. The molecule has 0 saturated carbocycles. The van der Waals surface area contributed by atoms with Gasteiger partial charge in [0.05, 0.1) is 0 Å². The lowest BCUT2D eigenvalue weighted by molar-refractivity contribution is 0.249. The van der Waals surface area contributed by atoms with Gasteiger partial charge in [-0.25, -0.2) is 0 Å². The van der Waals surface area contributed by atoms with E-state index in [0.717, 1.165) is 0 Å². The number of unbranched alkanes of at least 4 members (excludes halogenated alkanes) is 34. The minimum absolute atomic E-state index is 1.23. The summed E-state index contributed by atoms with van der Waals surface area (Å²) in [5.41, 5.74) is 0. The van der Waals surface area contributed by atoms with Crippen LogP contribution < -0.4 is 0 Å². The van der Waals surface area contributed by atoms with Gasteiger partial charge in [0.2, 0.25) is 0 Å². The van der Waals surface area contributed by atoms with E-state index < -0.39 is 0 Å². The van der Waals surface area contributed by atoms with Crippen LogP contribution in [0.3, 0.4) is 0 Å². The molecule has 0 N–H and O–H groups in total. The van der Waals surface area contributed by atoms with E-state index in [0.29, 0.717) is 0 Å². The molecule has 0 unspecified atom stereocenters. The molecule has 0 aromatic carbocycles. The second-order valence-electron chi connectivity index (χ2n) is 15.6. The largest absolute Gasteiger partial charge is 0.305 e. The first kappa shape index (κ1) is 45.9. The topological polar surface area (TPSA) is 6.48 Å². The second kappa shape index (κ2) is 41.1. The van der Waals surface area contributed by atoms with E-state index in [9.17, 15) is 0 Å². The Labute approximate surface area is 294 Å². The van der Waals surface area contributed by atoms with Crippen molar-refractivity contribution in [3.05, 3.63) is 0 Å². The predicted molar refractivity (Wildman–Crippen MR) is 213 cm³/mol. The number of hydrogen-bond acceptors (Lipinski definition) is 2. The van der Waals surface area contributed by atoms with Gasteiger partial charge in [-0.2, -0.15) is 0 Å². The average Bonchev–Trinajstić information content (AvgIpc) is 3.06. The fourth-order valence-electron chi connectivity index (χ4n) is 7.13. The van der Waals surface area contributed by atoms with Crippen molar-refractivity contribution in [2.24, 2.45) is 0 Å². The van der Waals surface area contributed by atoms with Crippen molar-refractivity contribution in [3.8, 4) is 0 Å². The molecule has 0 bridgehead atoms. The van der Waals surface area contributed by atoms with Crippen LogP contribution in [0.25, 0.3) is 0 Å². The Balaban J connectivity index is 3.24. The first-order valence-electron chi connectivity index (χ1n) is 22.1. The minimum atomic E-state index is 1.23. The number of rotatable bonds is 41. The van der Waals surface area contributed by atoms with Gasteiger partial charge in [-0.05, 0) is 40.0 Å². The van der Waals surface area contributed by atoms with Crippen LogP contribution in [0, 0.1) is 0 Å². The summed E-state index contributed by atoms with van der Waals surface area (Å²) in [5.74, 6) is 0. The van der Waals surface area contributed by atoms with Gasteiger partial charge < -0.3 is 9.80 Å². The zero-order valence-corrected chi connectivity index (χ0v) is 33.2. The summed E-state index contributed by atoms with van der Waals surface area (Å²) in [6.07, 6.45) is 52.6. The van der Waals surface area contributed by atoms with E-state index in [-0.39, 0.29) is 0 Å². The maximum atomic E-state index is 2.57. The van der Waals surface area contributed by atoms with Gasteiger partial charge in [-0.1, -0.05) is 232 Å². The molecule has 0 radical (unpaired) electrons. The third kappa shape index (κ3) is 40.1. The second-order valence-corrected chi connectivity index (χ2v) is 15.6.